The second-order valence-electron chi connectivity index (χ2n) is 11.8. The van der Waals surface area contributed by atoms with E-state index in [0.717, 1.165) is 24.8 Å². The molecular weight excluding hydrogens is 424 g/mol. The Morgan fingerprint density at radius 3 is 2.38 bits per heavy atom. The summed E-state index contributed by atoms with van der Waals surface area (Å²) in [4.78, 5) is 0. The highest BCUT2D eigenvalue weighted by atomic mass is 16.6. The first-order chi connectivity index (χ1) is 16.2. The normalized spacial score (nSPS) is 40.4. The van der Waals surface area contributed by atoms with Crippen molar-refractivity contribution in [1.82, 2.24) is 0 Å². The molecule has 190 valence electrons. The molecule has 0 radical (unpaired) electrons. The quantitative estimate of drug-likeness (QED) is 0.333. The summed E-state index contributed by atoms with van der Waals surface area (Å²) in [6.07, 6.45) is 20.6. The van der Waals surface area contributed by atoms with Gasteiger partial charge in [-0.15, -0.1) is 0 Å². The molecule has 3 aliphatic carbocycles. The molecular formula is C30H46O4. The van der Waals surface area contributed by atoms with Crippen molar-refractivity contribution in [3.63, 3.8) is 0 Å². The molecule has 1 saturated heterocycles. The zero-order valence-electron chi connectivity index (χ0n) is 21.7. The summed E-state index contributed by atoms with van der Waals surface area (Å²) in [6.45, 7) is 9.40. The van der Waals surface area contributed by atoms with Crippen LogP contribution in [0, 0.1) is 23.2 Å². The standard InChI is InChI=1S/C30H46O4/c1-5-29(33,6-2)17-8-7-10-21(3)24-14-15-25-23(11-9-16-28(24,25)4)13-12-22-18-26(31)30(20-34-30)27(32)19-22/h7-8,10,12-13,17,21,24-27,31-33H,5-6,9,11,14-16,18-20H2,1-4H3/b10-7+,17-8+,22-12?,23-13-/t21-,24-,25+,26-,27-,28-,30?/m1/s1. The van der Waals surface area contributed by atoms with Gasteiger partial charge in [0.15, 0.2) is 0 Å². The Morgan fingerprint density at radius 1 is 1.09 bits per heavy atom. The maximum atomic E-state index is 10.5. The largest absolute Gasteiger partial charge is 0.390 e. The second kappa shape index (κ2) is 10.0. The number of hydrogen-bond acceptors (Lipinski definition) is 4. The third kappa shape index (κ3) is 4.89. The van der Waals surface area contributed by atoms with Crippen LogP contribution >= 0.6 is 0 Å². The Morgan fingerprint density at radius 2 is 1.76 bits per heavy atom. The summed E-state index contributed by atoms with van der Waals surface area (Å²) in [7, 11) is 0. The van der Waals surface area contributed by atoms with Crippen molar-refractivity contribution < 1.29 is 20.1 Å². The van der Waals surface area contributed by atoms with E-state index < -0.39 is 23.4 Å². The molecule has 1 heterocycles. The smallest absolute Gasteiger partial charge is 0.144 e. The molecule has 4 rings (SSSR count). The molecule has 4 heteroatoms. The Labute approximate surface area is 206 Å². The molecule has 4 nitrogen and oxygen atoms in total. The molecule has 0 bridgehead atoms. The molecule has 0 aromatic carbocycles. The Bertz CT molecular complexity index is 828. The summed E-state index contributed by atoms with van der Waals surface area (Å²) in [5, 5.41) is 31.4. The van der Waals surface area contributed by atoms with Gasteiger partial charge in [-0.1, -0.05) is 75.3 Å². The molecule has 4 fully saturated rings. The van der Waals surface area contributed by atoms with Crippen LogP contribution in [-0.2, 0) is 4.74 Å². The minimum absolute atomic E-state index is 0.321. The number of ether oxygens (including phenoxy) is 1. The number of aliphatic hydroxyl groups excluding tert-OH is 2. The molecule has 0 unspecified atom stereocenters. The predicted molar refractivity (Wildman–Crippen MR) is 137 cm³/mol. The van der Waals surface area contributed by atoms with Crippen LogP contribution in [0.4, 0.5) is 0 Å². The summed E-state index contributed by atoms with van der Waals surface area (Å²) >= 11 is 0. The van der Waals surface area contributed by atoms with Gasteiger partial charge in [0, 0.05) is 0 Å². The minimum Gasteiger partial charge on any atom is -0.390 e. The monoisotopic (exact) mass is 470 g/mol. The average Bonchev–Trinajstić information content (AvgIpc) is 3.55. The van der Waals surface area contributed by atoms with Gasteiger partial charge in [-0.05, 0) is 81.0 Å². The lowest BCUT2D eigenvalue weighted by atomic mass is 9.61. The van der Waals surface area contributed by atoms with Crippen LogP contribution in [0.25, 0.3) is 0 Å². The average molecular weight is 471 g/mol. The number of hydrogen-bond donors (Lipinski definition) is 3. The number of aliphatic hydroxyl groups is 3. The number of epoxide rings is 1. The lowest BCUT2D eigenvalue weighted by molar-refractivity contribution is -0.0292. The van der Waals surface area contributed by atoms with Crippen molar-refractivity contribution >= 4 is 0 Å². The van der Waals surface area contributed by atoms with Crippen molar-refractivity contribution in [1.29, 1.82) is 0 Å². The SMILES string of the molecule is CCC(O)(/C=C/C=C/[C@@H](C)[C@H]1CC[C@H]2/C(=C\C=C3C[C@@H](O)C4(CO4)[C@H](O)C3)CCC[C@]12C)CC. The predicted octanol–water partition coefficient (Wildman–Crippen LogP) is 5.64. The molecule has 3 saturated carbocycles. The van der Waals surface area contributed by atoms with Gasteiger partial charge in [0.2, 0.25) is 0 Å². The fourth-order valence-corrected chi connectivity index (χ4v) is 7.21. The van der Waals surface area contributed by atoms with Crippen molar-refractivity contribution in [3.8, 4) is 0 Å². The maximum Gasteiger partial charge on any atom is 0.144 e. The number of fused-ring (bicyclic) bond motifs is 1. The zero-order valence-corrected chi connectivity index (χ0v) is 21.7. The minimum atomic E-state index is -0.688. The fraction of sp³-hybridized carbons (Fsp3) is 0.733. The van der Waals surface area contributed by atoms with E-state index in [0.29, 0.717) is 42.6 Å². The summed E-state index contributed by atoms with van der Waals surface area (Å²) in [5.41, 5.74) is 1.64. The summed E-state index contributed by atoms with van der Waals surface area (Å²) in [5.74, 6) is 1.79. The number of rotatable bonds is 7. The van der Waals surface area contributed by atoms with E-state index in [1.165, 1.54) is 25.7 Å². The van der Waals surface area contributed by atoms with E-state index in [4.69, 9.17) is 4.74 Å². The Kier molecular flexibility index (Phi) is 7.65. The molecule has 4 aliphatic rings. The highest BCUT2D eigenvalue weighted by Gasteiger charge is 2.59. The van der Waals surface area contributed by atoms with E-state index >= 15 is 0 Å². The van der Waals surface area contributed by atoms with Crippen LogP contribution in [0.3, 0.4) is 0 Å². The molecule has 1 aliphatic heterocycles. The van der Waals surface area contributed by atoms with Gasteiger partial charge in [-0.3, -0.25) is 0 Å². The lowest BCUT2D eigenvalue weighted by Crippen LogP contribution is -2.45. The fourth-order valence-electron chi connectivity index (χ4n) is 7.21. The van der Waals surface area contributed by atoms with Crippen LogP contribution in [0.1, 0.15) is 85.5 Å². The van der Waals surface area contributed by atoms with Crippen molar-refractivity contribution in [3.05, 3.63) is 47.6 Å². The van der Waals surface area contributed by atoms with Crippen LogP contribution in [-0.4, -0.2) is 45.3 Å². The van der Waals surface area contributed by atoms with Crippen LogP contribution in [0.5, 0.6) is 0 Å². The molecule has 0 aromatic heterocycles. The topological polar surface area (TPSA) is 73.2 Å². The first-order valence-corrected chi connectivity index (χ1v) is 13.6. The highest BCUT2D eigenvalue weighted by Crippen LogP contribution is 2.59. The molecule has 6 atom stereocenters. The van der Waals surface area contributed by atoms with Crippen LogP contribution < -0.4 is 0 Å². The van der Waals surface area contributed by atoms with Gasteiger partial charge in [0.1, 0.15) is 5.60 Å². The Balaban J connectivity index is 1.42. The first-order valence-electron chi connectivity index (χ1n) is 13.6. The van der Waals surface area contributed by atoms with E-state index in [1.54, 1.807) is 5.57 Å². The summed E-state index contributed by atoms with van der Waals surface area (Å²) in [6, 6.07) is 0. The van der Waals surface area contributed by atoms with E-state index in [1.807, 2.05) is 26.0 Å². The van der Waals surface area contributed by atoms with Gasteiger partial charge < -0.3 is 20.1 Å². The van der Waals surface area contributed by atoms with Crippen molar-refractivity contribution in [2.75, 3.05) is 6.61 Å². The van der Waals surface area contributed by atoms with Crippen LogP contribution in [0.2, 0.25) is 0 Å². The van der Waals surface area contributed by atoms with E-state index in [-0.39, 0.29) is 0 Å². The molecule has 34 heavy (non-hydrogen) atoms. The highest BCUT2D eigenvalue weighted by molar-refractivity contribution is 5.29. The number of allylic oxidation sites excluding steroid dienone is 6. The van der Waals surface area contributed by atoms with Gasteiger partial charge >= 0.3 is 0 Å². The van der Waals surface area contributed by atoms with Gasteiger partial charge in [-0.2, -0.15) is 0 Å². The second-order valence-corrected chi connectivity index (χ2v) is 11.8. The molecule has 0 aromatic rings. The van der Waals surface area contributed by atoms with E-state index in [9.17, 15) is 15.3 Å². The third-order valence-electron chi connectivity index (χ3n) is 9.88. The van der Waals surface area contributed by atoms with E-state index in [2.05, 4.69) is 38.2 Å². The zero-order chi connectivity index (χ0) is 24.6. The third-order valence-corrected chi connectivity index (χ3v) is 9.88. The van der Waals surface area contributed by atoms with Gasteiger partial charge in [0.25, 0.3) is 0 Å². The molecule has 3 N–H and O–H groups in total. The van der Waals surface area contributed by atoms with Gasteiger partial charge in [-0.25, -0.2) is 0 Å². The molecule has 1 spiro atoms. The lowest BCUT2D eigenvalue weighted by Gasteiger charge is -2.44. The van der Waals surface area contributed by atoms with Crippen LogP contribution in [0.15, 0.2) is 47.6 Å². The van der Waals surface area contributed by atoms with Gasteiger partial charge in [0.05, 0.1) is 24.4 Å². The summed E-state index contributed by atoms with van der Waals surface area (Å²) < 4.78 is 5.41. The Hall–Kier alpha value is -1.20. The first kappa shape index (κ1) is 25.9. The maximum absolute atomic E-state index is 10.5. The van der Waals surface area contributed by atoms with Crippen molar-refractivity contribution in [2.45, 2.75) is 109 Å². The van der Waals surface area contributed by atoms with Crippen molar-refractivity contribution in [2.24, 2.45) is 23.2 Å². The molecule has 0 amide bonds.